The summed E-state index contributed by atoms with van der Waals surface area (Å²) < 4.78 is 23.9. The second-order valence-corrected chi connectivity index (χ2v) is 7.97. The summed E-state index contributed by atoms with van der Waals surface area (Å²) in [4.78, 5) is 29.6. The van der Waals surface area contributed by atoms with Crippen molar-refractivity contribution < 1.29 is 23.5 Å². The largest absolute Gasteiger partial charge is 0.385 e. The highest BCUT2D eigenvalue weighted by Gasteiger charge is 2.44. The smallest absolute Gasteiger partial charge is 0.234 e. The quantitative estimate of drug-likeness (QED) is 0.638. The Morgan fingerprint density at radius 2 is 1.80 bits per heavy atom. The van der Waals surface area contributed by atoms with Gasteiger partial charge in [0.2, 0.25) is 11.8 Å². The molecule has 1 N–H and O–H groups in total. The summed E-state index contributed by atoms with van der Waals surface area (Å²) in [5.41, 5.74) is 0.197. The van der Waals surface area contributed by atoms with Gasteiger partial charge < -0.3 is 19.7 Å². The van der Waals surface area contributed by atoms with Gasteiger partial charge in [-0.2, -0.15) is 0 Å². The fourth-order valence-electron chi connectivity index (χ4n) is 4.23. The minimum Gasteiger partial charge on any atom is -0.385 e. The summed E-state index contributed by atoms with van der Waals surface area (Å²) in [6.45, 7) is 5.10. The lowest BCUT2D eigenvalue weighted by atomic mass is 9.73. The first-order chi connectivity index (χ1) is 14.5. The van der Waals surface area contributed by atoms with E-state index >= 15 is 0 Å². The van der Waals surface area contributed by atoms with E-state index < -0.39 is 5.41 Å². The fraction of sp³-hybridized carbons (Fsp3) is 0.636. The number of benzene rings is 1. The first-order valence-electron chi connectivity index (χ1n) is 10.7. The topological polar surface area (TPSA) is 71.1 Å². The van der Waals surface area contributed by atoms with Crippen LogP contribution in [0.1, 0.15) is 24.8 Å². The molecule has 166 valence electrons. The SMILES string of the molecule is COCCCNC(=O)CN1CCN(C(=O)C2(c3ccc(F)cc3)CCOCC2)CC1. The third kappa shape index (κ3) is 5.56. The maximum atomic E-state index is 13.6. The van der Waals surface area contributed by atoms with Gasteiger partial charge in [-0.3, -0.25) is 14.5 Å². The van der Waals surface area contributed by atoms with Crippen LogP contribution < -0.4 is 5.32 Å². The Labute approximate surface area is 177 Å². The second kappa shape index (κ2) is 10.8. The molecule has 0 spiro atoms. The molecule has 0 aliphatic carbocycles. The van der Waals surface area contributed by atoms with E-state index in [-0.39, 0.29) is 17.6 Å². The molecule has 2 heterocycles. The molecule has 0 bridgehead atoms. The van der Waals surface area contributed by atoms with Crippen LogP contribution in [-0.4, -0.2) is 87.8 Å². The first kappa shape index (κ1) is 22.7. The summed E-state index contributed by atoms with van der Waals surface area (Å²) in [7, 11) is 1.64. The minimum atomic E-state index is -0.660. The van der Waals surface area contributed by atoms with Gasteiger partial charge in [-0.05, 0) is 37.0 Å². The summed E-state index contributed by atoms with van der Waals surface area (Å²) in [6.07, 6.45) is 1.99. The molecule has 0 saturated carbocycles. The van der Waals surface area contributed by atoms with E-state index in [9.17, 15) is 14.0 Å². The Balaban J connectivity index is 1.56. The van der Waals surface area contributed by atoms with Crippen LogP contribution in [0.4, 0.5) is 4.39 Å². The van der Waals surface area contributed by atoms with Crippen molar-refractivity contribution >= 4 is 11.8 Å². The average molecular weight is 422 g/mol. The van der Waals surface area contributed by atoms with Crippen LogP contribution in [0.2, 0.25) is 0 Å². The number of amides is 2. The summed E-state index contributed by atoms with van der Waals surface area (Å²) in [5, 5.41) is 2.90. The highest BCUT2D eigenvalue weighted by atomic mass is 19.1. The number of carbonyl (C=O) groups excluding carboxylic acids is 2. The zero-order chi connectivity index (χ0) is 21.4. The summed E-state index contributed by atoms with van der Waals surface area (Å²) in [6, 6.07) is 6.29. The van der Waals surface area contributed by atoms with Gasteiger partial charge in [0.1, 0.15) is 5.82 Å². The van der Waals surface area contributed by atoms with Crippen molar-refractivity contribution in [3.63, 3.8) is 0 Å². The second-order valence-electron chi connectivity index (χ2n) is 7.97. The van der Waals surface area contributed by atoms with Gasteiger partial charge in [0.15, 0.2) is 0 Å². The van der Waals surface area contributed by atoms with E-state index in [1.165, 1.54) is 12.1 Å². The molecule has 2 amide bonds. The van der Waals surface area contributed by atoms with Crippen LogP contribution in [-0.2, 0) is 24.5 Å². The number of nitrogens with one attached hydrogen (secondary N) is 1. The third-order valence-corrected chi connectivity index (χ3v) is 6.03. The van der Waals surface area contributed by atoms with Gasteiger partial charge in [-0.1, -0.05) is 12.1 Å². The molecule has 0 atom stereocenters. The maximum Gasteiger partial charge on any atom is 0.234 e. The molecule has 1 aromatic rings. The standard InChI is InChI=1S/C22H32FN3O4/c1-29-14-2-9-24-20(27)17-25-10-12-26(13-11-25)21(28)22(7-15-30-16-8-22)18-3-5-19(23)6-4-18/h3-6H,2,7-17H2,1H3,(H,24,27). The Morgan fingerprint density at radius 3 is 2.43 bits per heavy atom. The molecular formula is C22H32FN3O4. The summed E-state index contributed by atoms with van der Waals surface area (Å²) in [5.74, 6) is -0.221. The Kier molecular flexibility index (Phi) is 8.18. The van der Waals surface area contributed by atoms with Crippen LogP contribution in [0.5, 0.6) is 0 Å². The highest BCUT2D eigenvalue weighted by molar-refractivity contribution is 5.88. The normalized spacial score (nSPS) is 19.5. The average Bonchev–Trinajstić information content (AvgIpc) is 2.78. The number of ether oxygens (including phenoxy) is 2. The highest BCUT2D eigenvalue weighted by Crippen LogP contribution is 2.37. The molecule has 0 aromatic heterocycles. The van der Waals surface area contributed by atoms with Crippen LogP contribution >= 0.6 is 0 Å². The van der Waals surface area contributed by atoms with E-state index in [1.54, 1.807) is 19.2 Å². The zero-order valence-corrected chi connectivity index (χ0v) is 17.7. The van der Waals surface area contributed by atoms with Gasteiger partial charge in [-0.25, -0.2) is 4.39 Å². The van der Waals surface area contributed by atoms with Crippen LogP contribution in [0.25, 0.3) is 0 Å². The Bertz CT molecular complexity index is 699. The molecule has 7 nitrogen and oxygen atoms in total. The molecule has 1 aromatic carbocycles. The minimum absolute atomic E-state index is 0.00177. The Hall–Kier alpha value is -2.03. The van der Waals surface area contributed by atoms with Crippen molar-refractivity contribution in [1.29, 1.82) is 0 Å². The summed E-state index contributed by atoms with van der Waals surface area (Å²) >= 11 is 0. The monoisotopic (exact) mass is 421 g/mol. The molecule has 2 fully saturated rings. The van der Waals surface area contributed by atoms with Gasteiger partial charge in [0.25, 0.3) is 0 Å². The molecule has 0 radical (unpaired) electrons. The van der Waals surface area contributed by atoms with Crippen LogP contribution in [0.15, 0.2) is 24.3 Å². The molecule has 30 heavy (non-hydrogen) atoms. The molecule has 2 aliphatic rings. The molecule has 2 aliphatic heterocycles. The predicted octanol–water partition coefficient (Wildman–Crippen LogP) is 1.17. The van der Waals surface area contributed by atoms with Crippen molar-refractivity contribution in [2.45, 2.75) is 24.7 Å². The van der Waals surface area contributed by atoms with Crippen molar-refractivity contribution in [3.05, 3.63) is 35.6 Å². The van der Waals surface area contributed by atoms with E-state index in [0.29, 0.717) is 71.9 Å². The number of rotatable bonds is 8. The van der Waals surface area contributed by atoms with Crippen LogP contribution in [0.3, 0.4) is 0 Å². The number of hydrogen-bond donors (Lipinski definition) is 1. The van der Waals surface area contributed by atoms with E-state index in [0.717, 1.165) is 12.0 Å². The lowest BCUT2D eigenvalue weighted by Crippen LogP contribution is -2.56. The third-order valence-electron chi connectivity index (χ3n) is 6.03. The molecule has 2 saturated heterocycles. The van der Waals surface area contributed by atoms with E-state index in [2.05, 4.69) is 10.2 Å². The van der Waals surface area contributed by atoms with Gasteiger partial charge in [0, 0.05) is 59.7 Å². The Morgan fingerprint density at radius 1 is 1.13 bits per heavy atom. The van der Waals surface area contributed by atoms with Crippen molar-refractivity contribution in [3.8, 4) is 0 Å². The molecule has 8 heteroatoms. The fourth-order valence-corrected chi connectivity index (χ4v) is 4.23. The molecule has 3 rings (SSSR count). The predicted molar refractivity (Wildman–Crippen MR) is 111 cm³/mol. The lowest BCUT2D eigenvalue weighted by Gasteiger charge is -2.43. The van der Waals surface area contributed by atoms with Gasteiger partial charge >= 0.3 is 0 Å². The number of hydrogen-bond acceptors (Lipinski definition) is 5. The van der Waals surface area contributed by atoms with Gasteiger partial charge in [0.05, 0.1) is 12.0 Å². The van der Waals surface area contributed by atoms with Crippen molar-refractivity contribution in [2.24, 2.45) is 0 Å². The van der Waals surface area contributed by atoms with E-state index in [1.807, 2.05) is 4.90 Å². The number of piperazine rings is 1. The van der Waals surface area contributed by atoms with E-state index in [4.69, 9.17) is 9.47 Å². The lowest BCUT2D eigenvalue weighted by molar-refractivity contribution is -0.143. The zero-order valence-electron chi connectivity index (χ0n) is 17.7. The number of halogens is 1. The first-order valence-corrected chi connectivity index (χ1v) is 10.7. The maximum absolute atomic E-state index is 13.6. The number of nitrogens with zero attached hydrogens (tertiary/aromatic N) is 2. The number of methoxy groups -OCH3 is 1. The van der Waals surface area contributed by atoms with Crippen LogP contribution in [0, 0.1) is 5.82 Å². The van der Waals surface area contributed by atoms with Gasteiger partial charge in [-0.15, -0.1) is 0 Å². The molecular weight excluding hydrogens is 389 g/mol. The van der Waals surface area contributed by atoms with Crippen molar-refractivity contribution in [1.82, 2.24) is 15.1 Å². The van der Waals surface area contributed by atoms with Crippen molar-refractivity contribution in [2.75, 3.05) is 66.2 Å². The number of carbonyl (C=O) groups is 2. The molecule has 0 unspecified atom stereocenters.